The number of aromatic nitrogens is 2. The Bertz CT molecular complexity index is 821. The highest BCUT2D eigenvalue weighted by Gasteiger charge is 2.26. The number of carbonyl (C=O) groups excluding carboxylic acids is 1. The first-order valence-corrected chi connectivity index (χ1v) is 8.23. The summed E-state index contributed by atoms with van der Waals surface area (Å²) in [6.45, 7) is 2.28. The smallest absolute Gasteiger partial charge is 0.267 e. The summed E-state index contributed by atoms with van der Waals surface area (Å²) in [5.74, 6) is -0.0493. The second-order valence-electron chi connectivity index (χ2n) is 5.37. The molecular weight excluding hydrogens is 317 g/mol. The van der Waals surface area contributed by atoms with Gasteiger partial charge >= 0.3 is 0 Å². The van der Waals surface area contributed by atoms with Gasteiger partial charge in [-0.1, -0.05) is 30.0 Å². The van der Waals surface area contributed by atoms with E-state index >= 15 is 0 Å². The Morgan fingerprint density at radius 2 is 2.17 bits per heavy atom. The first-order chi connectivity index (χ1) is 11.0. The monoisotopic (exact) mass is 333 g/mol. The lowest BCUT2D eigenvalue weighted by atomic mass is 10.1. The topological polar surface area (TPSA) is 55.2 Å². The molecule has 0 saturated carbocycles. The van der Waals surface area contributed by atoms with Crippen molar-refractivity contribution < 1.29 is 9.18 Å². The van der Waals surface area contributed by atoms with Crippen LogP contribution in [0.25, 0.3) is 0 Å². The van der Waals surface area contributed by atoms with Crippen molar-refractivity contribution in [2.24, 2.45) is 0 Å². The molecule has 1 amide bonds. The Morgan fingerprint density at radius 3 is 2.91 bits per heavy atom. The van der Waals surface area contributed by atoms with E-state index in [0.717, 1.165) is 5.75 Å². The van der Waals surface area contributed by atoms with Crippen molar-refractivity contribution >= 4 is 17.7 Å². The van der Waals surface area contributed by atoms with Gasteiger partial charge in [-0.2, -0.15) is 0 Å². The zero-order valence-electron chi connectivity index (χ0n) is 12.8. The van der Waals surface area contributed by atoms with Crippen LogP contribution >= 0.6 is 11.8 Å². The van der Waals surface area contributed by atoms with E-state index in [0.29, 0.717) is 17.3 Å². The maximum Gasteiger partial charge on any atom is 0.267 e. The first kappa shape index (κ1) is 15.7. The van der Waals surface area contributed by atoms with E-state index in [1.807, 2.05) is 0 Å². The number of halogens is 1. The quantitative estimate of drug-likeness (QED) is 0.809. The number of hydrogen-bond donors (Lipinski definition) is 0. The molecule has 0 spiro atoms. The Morgan fingerprint density at radius 1 is 1.43 bits per heavy atom. The Balaban J connectivity index is 1.92. The molecule has 0 bridgehead atoms. The molecular formula is C16H16FN3O2S. The average Bonchev–Trinajstić information content (AvgIpc) is 3.03. The summed E-state index contributed by atoms with van der Waals surface area (Å²) in [5.41, 5.74) is 0.0904. The van der Waals surface area contributed by atoms with Crippen molar-refractivity contribution in [3.8, 4) is 0 Å². The maximum atomic E-state index is 13.9. The van der Waals surface area contributed by atoms with Crippen molar-refractivity contribution in [2.45, 2.75) is 24.7 Å². The Labute approximate surface area is 137 Å². The minimum Gasteiger partial charge on any atom is -0.335 e. The number of hydrogen-bond acceptors (Lipinski definition) is 4. The van der Waals surface area contributed by atoms with Crippen molar-refractivity contribution in [3.63, 3.8) is 0 Å². The number of amides is 1. The number of benzene rings is 1. The van der Waals surface area contributed by atoms with Crippen LogP contribution in [0.15, 0.2) is 40.4 Å². The maximum absolute atomic E-state index is 13.9. The van der Waals surface area contributed by atoms with E-state index in [1.54, 1.807) is 32.2 Å². The third-order valence-corrected chi connectivity index (χ3v) is 5.01. The molecule has 0 saturated heterocycles. The third kappa shape index (κ3) is 2.76. The molecule has 5 nitrogen and oxygen atoms in total. The van der Waals surface area contributed by atoms with E-state index in [1.165, 1.54) is 33.5 Å². The number of rotatable bonds is 3. The number of nitrogens with zero attached hydrogens (tertiary/aromatic N) is 3. The normalized spacial score (nSPS) is 14.4. The molecule has 1 aromatic heterocycles. The second kappa shape index (κ2) is 6.16. The summed E-state index contributed by atoms with van der Waals surface area (Å²) in [4.78, 5) is 30.6. The highest BCUT2D eigenvalue weighted by molar-refractivity contribution is 7.99. The predicted octanol–water partition coefficient (Wildman–Crippen LogP) is 2.32. The van der Waals surface area contributed by atoms with Crippen molar-refractivity contribution in [1.82, 2.24) is 14.5 Å². The fraction of sp³-hybridized carbons (Fsp3) is 0.312. The molecule has 2 aromatic rings. The molecule has 0 N–H and O–H groups in total. The van der Waals surface area contributed by atoms with Crippen LogP contribution in [-0.4, -0.2) is 33.2 Å². The van der Waals surface area contributed by atoms with Crippen molar-refractivity contribution in [3.05, 3.63) is 57.8 Å². The number of carbonyl (C=O) groups is 1. The molecule has 1 aliphatic rings. The third-order valence-electron chi connectivity index (χ3n) is 4.04. The van der Waals surface area contributed by atoms with Gasteiger partial charge < -0.3 is 4.90 Å². The van der Waals surface area contributed by atoms with E-state index < -0.39 is 11.9 Å². The van der Waals surface area contributed by atoms with Crippen LogP contribution in [0, 0.1) is 5.82 Å². The molecule has 0 fully saturated rings. The van der Waals surface area contributed by atoms with Crippen LogP contribution in [0.5, 0.6) is 0 Å². The molecule has 7 heteroatoms. The number of fused-ring (bicyclic) bond motifs is 1. The predicted molar refractivity (Wildman–Crippen MR) is 86.1 cm³/mol. The van der Waals surface area contributed by atoms with Gasteiger partial charge in [-0.15, -0.1) is 0 Å². The highest BCUT2D eigenvalue weighted by atomic mass is 32.2. The van der Waals surface area contributed by atoms with E-state index in [9.17, 15) is 14.0 Å². The van der Waals surface area contributed by atoms with E-state index in [-0.39, 0.29) is 16.9 Å². The Kier molecular flexibility index (Phi) is 4.21. The Hall–Kier alpha value is -2.15. The molecule has 23 heavy (non-hydrogen) atoms. The lowest BCUT2D eigenvalue weighted by Crippen LogP contribution is -2.36. The minimum atomic E-state index is -0.490. The van der Waals surface area contributed by atoms with Gasteiger partial charge in [0.1, 0.15) is 11.4 Å². The van der Waals surface area contributed by atoms with Gasteiger partial charge in [0.2, 0.25) is 0 Å². The summed E-state index contributed by atoms with van der Waals surface area (Å²) in [6.07, 6.45) is 1.32. The molecule has 1 atom stereocenters. The summed E-state index contributed by atoms with van der Waals surface area (Å²) >= 11 is 1.49. The summed E-state index contributed by atoms with van der Waals surface area (Å²) in [7, 11) is 1.56. The van der Waals surface area contributed by atoms with Crippen LogP contribution in [0.1, 0.15) is 28.9 Å². The van der Waals surface area contributed by atoms with Crippen LogP contribution in [0.4, 0.5) is 4.39 Å². The van der Waals surface area contributed by atoms with Crippen molar-refractivity contribution in [1.29, 1.82) is 0 Å². The van der Waals surface area contributed by atoms with Gasteiger partial charge in [0.25, 0.3) is 11.5 Å². The zero-order valence-corrected chi connectivity index (χ0v) is 13.6. The van der Waals surface area contributed by atoms with Gasteiger partial charge in [-0.25, -0.2) is 9.37 Å². The molecule has 0 unspecified atom stereocenters. The fourth-order valence-electron chi connectivity index (χ4n) is 2.55. The lowest BCUT2D eigenvalue weighted by Gasteiger charge is -2.25. The van der Waals surface area contributed by atoms with Gasteiger partial charge in [-0.3, -0.25) is 14.2 Å². The van der Waals surface area contributed by atoms with Crippen LogP contribution in [0.2, 0.25) is 0 Å². The number of thioether (sulfide) groups is 1. The van der Waals surface area contributed by atoms with Crippen LogP contribution in [-0.2, 0) is 6.54 Å². The van der Waals surface area contributed by atoms with E-state index in [2.05, 4.69) is 4.98 Å². The van der Waals surface area contributed by atoms with Crippen LogP contribution in [0.3, 0.4) is 0 Å². The average molecular weight is 333 g/mol. The van der Waals surface area contributed by atoms with Gasteiger partial charge in [0.15, 0.2) is 5.16 Å². The molecule has 0 aliphatic carbocycles. The lowest BCUT2D eigenvalue weighted by molar-refractivity contribution is 0.0737. The zero-order chi connectivity index (χ0) is 16.6. The molecule has 2 heterocycles. The SMILES string of the molecule is C[C@H](c1ccccc1F)N(C)C(=O)c1cnc2n(c1=O)CCS2. The highest BCUT2D eigenvalue weighted by Crippen LogP contribution is 2.24. The van der Waals surface area contributed by atoms with E-state index in [4.69, 9.17) is 0 Å². The summed E-state index contributed by atoms with van der Waals surface area (Å²) in [6, 6.07) is 5.82. The molecule has 1 aromatic carbocycles. The van der Waals surface area contributed by atoms with Gasteiger partial charge in [0.05, 0.1) is 6.04 Å². The molecule has 120 valence electrons. The van der Waals surface area contributed by atoms with Crippen LogP contribution < -0.4 is 5.56 Å². The second-order valence-corrected chi connectivity index (χ2v) is 6.44. The molecule has 3 rings (SSSR count). The molecule has 1 aliphatic heterocycles. The first-order valence-electron chi connectivity index (χ1n) is 7.25. The van der Waals surface area contributed by atoms with Crippen molar-refractivity contribution in [2.75, 3.05) is 12.8 Å². The largest absolute Gasteiger partial charge is 0.335 e. The summed E-state index contributed by atoms with van der Waals surface area (Å²) in [5, 5.41) is 0.636. The van der Waals surface area contributed by atoms with Gasteiger partial charge in [-0.05, 0) is 13.0 Å². The minimum absolute atomic E-state index is 0.0157. The van der Waals surface area contributed by atoms with Gasteiger partial charge in [0, 0.05) is 31.1 Å². The fourth-order valence-corrected chi connectivity index (χ4v) is 3.47. The standard InChI is InChI=1S/C16H16FN3O2S/c1-10(11-5-3-4-6-13(11)17)19(2)14(21)12-9-18-16-20(15(12)22)7-8-23-16/h3-6,9-10H,7-8H2,1-2H3/t10-/m1/s1. The molecule has 0 radical (unpaired) electrons. The summed E-state index contributed by atoms with van der Waals surface area (Å²) < 4.78 is 15.4.